The van der Waals surface area contributed by atoms with Crippen molar-refractivity contribution in [2.75, 3.05) is 64.3 Å². The third kappa shape index (κ3) is 7.00. The van der Waals surface area contributed by atoms with E-state index in [1.807, 2.05) is 7.05 Å². The number of guanidine groups is 1. The molecule has 2 atom stereocenters. The van der Waals surface area contributed by atoms with Gasteiger partial charge < -0.3 is 15.5 Å². The van der Waals surface area contributed by atoms with Gasteiger partial charge in [0, 0.05) is 64.1 Å². The highest BCUT2D eigenvalue weighted by Crippen LogP contribution is 2.17. The number of nitrogens with one attached hydrogen (secondary N) is 2. The number of nitrogens with zero attached hydrogens (tertiary/aromatic N) is 4. The maximum absolute atomic E-state index is 4.42. The zero-order valence-corrected chi connectivity index (χ0v) is 20.6. The summed E-state index contributed by atoms with van der Waals surface area (Å²) in [5, 5.41) is 7.06. The van der Waals surface area contributed by atoms with Crippen molar-refractivity contribution in [2.45, 2.75) is 38.8 Å². The Bertz CT molecular complexity index is 603. The Morgan fingerprint density at radius 2 is 1.83 bits per heavy atom. The number of benzene rings is 1. The lowest BCUT2D eigenvalue weighted by Gasteiger charge is -2.39. The Morgan fingerprint density at radius 1 is 1.10 bits per heavy atom. The molecule has 0 aromatic heterocycles. The van der Waals surface area contributed by atoms with Crippen LogP contribution in [-0.2, 0) is 0 Å². The SMILES string of the molecule is CCN1CCCC1CNC(=NC)NCC(C)N1CCN(c2ccccc2)CC1.I. The number of aliphatic imine (C=N–C) groups is 1. The van der Waals surface area contributed by atoms with Gasteiger partial charge in [-0.05, 0) is 45.0 Å². The van der Waals surface area contributed by atoms with Gasteiger partial charge >= 0.3 is 0 Å². The topological polar surface area (TPSA) is 46.1 Å². The zero-order chi connectivity index (χ0) is 19.8. The average molecular weight is 515 g/mol. The van der Waals surface area contributed by atoms with Gasteiger partial charge in [-0.25, -0.2) is 0 Å². The van der Waals surface area contributed by atoms with Gasteiger partial charge in [0.2, 0.25) is 0 Å². The molecule has 0 amide bonds. The highest BCUT2D eigenvalue weighted by Gasteiger charge is 2.23. The molecule has 2 aliphatic heterocycles. The van der Waals surface area contributed by atoms with Gasteiger partial charge in [-0.3, -0.25) is 14.8 Å². The van der Waals surface area contributed by atoms with E-state index in [4.69, 9.17) is 0 Å². The van der Waals surface area contributed by atoms with Crippen LogP contribution in [0, 0.1) is 0 Å². The molecule has 7 heteroatoms. The van der Waals surface area contributed by atoms with Crippen molar-refractivity contribution in [1.82, 2.24) is 20.4 Å². The normalized spacial score (nSPS) is 22.2. The highest BCUT2D eigenvalue weighted by atomic mass is 127. The van der Waals surface area contributed by atoms with Crippen LogP contribution in [0.1, 0.15) is 26.7 Å². The van der Waals surface area contributed by atoms with Crippen molar-refractivity contribution < 1.29 is 0 Å². The van der Waals surface area contributed by atoms with Gasteiger partial charge in [0.05, 0.1) is 0 Å². The Hall–Kier alpha value is -1.06. The van der Waals surface area contributed by atoms with Gasteiger partial charge in [-0.15, -0.1) is 24.0 Å². The van der Waals surface area contributed by atoms with Crippen LogP contribution in [0.4, 0.5) is 5.69 Å². The molecule has 3 rings (SSSR count). The molecule has 0 aliphatic carbocycles. The summed E-state index contributed by atoms with van der Waals surface area (Å²) in [5.74, 6) is 0.928. The van der Waals surface area contributed by atoms with Gasteiger partial charge in [0.15, 0.2) is 5.96 Å². The summed E-state index contributed by atoms with van der Waals surface area (Å²) < 4.78 is 0. The number of anilines is 1. The van der Waals surface area contributed by atoms with Crippen LogP contribution in [0.25, 0.3) is 0 Å². The molecule has 0 bridgehead atoms. The molecule has 6 nitrogen and oxygen atoms in total. The number of piperazine rings is 1. The minimum Gasteiger partial charge on any atom is -0.369 e. The van der Waals surface area contributed by atoms with Crippen LogP contribution in [0.2, 0.25) is 0 Å². The molecular formula is C22H39IN6. The highest BCUT2D eigenvalue weighted by molar-refractivity contribution is 14.0. The van der Waals surface area contributed by atoms with Crippen molar-refractivity contribution in [1.29, 1.82) is 0 Å². The molecule has 29 heavy (non-hydrogen) atoms. The molecular weight excluding hydrogens is 475 g/mol. The molecule has 2 aliphatic rings. The first kappa shape index (κ1) is 24.2. The summed E-state index contributed by atoms with van der Waals surface area (Å²) in [6, 6.07) is 11.9. The molecule has 164 valence electrons. The van der Waals surface area contributed by atoms with Crippen molar-refractivity contribution in [2.24, 2.45) is 4.99 Å². The molecule has 2 unspecified atom stereocenters. The molecule has 1 aromatic carbocycles. The summed E-state index contributed by atoms with van der Waals surface area (Å²) in [7, 11) is 1.87. The van der Waals surface area contributed by atoms with Crippen molar-refractivity contribution >= 4 is 35.6 Å². The maximum Gasteiger partial charge on any atom is 0.191 e. The van der Waals surface area contributed by atoms with E-state index in [1.54, 1.807) is 0 Å². The predicted molar refractivity (Wildman–Crippen MR) is 135 cm³/mol. The predicted octanol–water partition coefficient (Wildman–Crippen LogP) is 2.46. The van der Waals surface area contributed by atoms with Gasteiger partial charge in [0.25, 0.3) is 0 Å². The first-order chi connectivity index (χ1) is 13.7. The fourth-order valence-electron chi connectivity index (χ4n) is 4.41. The lowest BCUT2D eigenvalue weighted by Crippen LogP contribution is -2.53. The molecule has 2 N–H and O–H groups in total. The van der Waals surface area contributed by atoms with Crippen LogP contribution in [0.5, 0.6) is 0 Å². The molecule has 0 saturated carbocycles. The van der Waals surface area contributed by atoms with Gasteiger partial charge in [-0.2, -0.15) is 0 Å². The lowest BCUT2D eigenvalue weighted by atomic mass is 10.2. The van der Waals surface area contributed by atoms with Crippen molar-refractivity contribution in [3.05, 3.63) is 30.3 Å². The first-order valence-corrected chi connectivity index (χ1v) is 10.9. The molecule has 2 fully saturated rings. The van der Waals surface area contributed by atoms with Gasteiger partial charge in [0.1, 0.15) is 0 Å². The second-order valence-electron chi connectivity index (χ2n) is 7.97. The third-order valence-corrected chi connectivity index (χ3v) is 6.26. The number of hydrogen-bond acceptors (Lipinski definition) is 4. The van der Waals surface area contributed by atoms with Crippen LogP contribution < -0.4 is 15.5 Å². The summed E-state index contributed by atoms with van der Waals surface area (Å²) in [5.41, 5.74) is 1.34. The van der Waals surface area contributed by atoms with Crippen LogP contribution in [-0.4, -0.2) is 87.2 Å². The largest absolute Gasteiger partial charge is 0.369 e. The maximum atomic E-state index is 4.42. The van der Waals surface area contributed by atoms with E-state index in [1.165, 1.54) is 25.1 Å². The van der Waals surface area contributed by atoms with Gasteiger partial charge in [-0.1, -0.05) is 25.1 Å². The van der Waals surface area contributed by atoms with Crippen LogP contribution in [0.15, 0.2) is 35.3 Å². The van der Waals surface area contributed by atoms with Crippen molar-refractivity contribution in [3.63, 3.8) is 0 Å². The number of halogens is 1. The molecule has 1 aromatic rings. The smallest absolute Gasteiger partial charge is 0.191 e. The second kappa shape index (κ2) is 12.6. The number of para-hydroxylation sites is 1. The standard InChI is InChI=1S/C22H38N6.HI/c1-4-26-12-8-11-21(26)18-25-22(23-3)24-17-19(2)27-13-15-28(16-14-27)20-9-6-5-7-10-20;/h5-7,9-10,19,21H,4,8,11-18H2,1-3H3,(H2,23,24,25);1H. The Balaban J connectivity index is 0.00000300. The number of rotatable bonds is 7. The monoisotopic (exact) mass is 514 g/mol. The van der Waals surface area contributed by atoms with E-state index in [9.17, 15) is 0 Å². The molecule has 0 radical (unpaired) electrons. The third-order valence-electron chi connectivity index (χ3n) is 6.26. The first-order valence-electron chi connectivity index (χ1n) is 10.9. The molecule has 0 spiro atoms. The Kier molecular flexibility index (Phi) is 10.5. The fraction of sp³-hybridized carbons (Fsp3) is 0.682. The van der Waals surface area contributed by atoms with E-state index in [0.717, 1.165) is 51.8 Å². The number of likely N-dealkylation sites (tertiary alicyclic amines) is 1. The van der Waals surface area contributed by atoms with E-state index >= 15 is 0 Å². The van der Waals surface area contributed by atoms with E-state index in [-0.39, 0.29) is 24.0 Å². The fourth-order valence-corrected chi connectivity index (χ4v) is 4.41. The Morgan fingerprint density at radius 3 is 2.48 bits per heavy atom. The van der Waals surface area contributed by atoms with Crippen molar-refractivity contribution in [3.8, 4) is 0 Å². The van der Waals surface area contributed by atoms with E-state index in [2.05, 4.69) is 74.5 Å². The summed E-state index contributed by atoms with van der Waals surface area (Å²) >= 11 is 0. The lowest BCUT2D eigenvalue weighted by molar-refractivity contribution is 0.197. The quantitative estimate of drug-likeness (QED) is 0.333. The summed E-state index contributed by atoms with van der Waals surface area (Å²) in [6.45, 7) is 13.3. The zero-order valence-electron chi connectivity index (χ0n) is 18.3. The minimum atomic E-state index is 0. The average Bonchev–Trinajstić information content (AvgIpc) is 3.22. The van der Waals surface area contributed by atoms with Crippen LogP contribution in [0.3, 0.4) is 0 Å². The van der Waals surface area contributed by atoms with Crippen LogP contribution >= 0.6 is 24.0 Å². The minimum absolute atomic E-state index is 0. The molecule has 2 saturated heterocycles. The van der Waals surface area contributed by atoms with E-state index in [0.29, 0.717) is 12.1 Å². The summed E-state index contributed by atoms with van der Waals surface area (Å²) in [4.78, 5) is 12.0. The second-order valence-corrected chi connectivity index (χ2v) is 7.97. The molecule has 2 heterocycles. The Labute approximate surface area is 194 Å². The van der Waals surface area contributed by atoms with E-state index < -0.39 is 0 Å². The number of hydrogen-bond donors (Lipinski definition) is 2. The summed E-state index contributed by atoms with van der Waals surface area (Å²) in [6.07, 6.45) is 2.61. The number of likely N-dealkylation sites (N-methyl/N-ethyl adjacent to an activating group) is 1.